The van der Waals surface area contributed by atoms with Crippen LogP contribution in [0.4, 0.5) is 8.78 Å². The van der Waals surface area contributed by atoms with Crippen molar-refractivity contribution < 1.29 is 8.78 Å². The van der Waals surface area contributed by atoms with E-state index in [0.29, 0.717) is 24.6 Å². The summed E-state index contributed by atoms with van der Waals surface area (Å²) in [7, 11) is 1.78. The highest BCUT2D eigenvalue weighted by Gasteiger charge is 2.30. The summed E-state index contributed by atoms with van der Waals surface area (Å²) in [5, 5.41) is 3.31. The fourth-order valence-electron chi connectivity index (χ4n) is 3.70. The first kappa shape index (κ1) is 20.4. The molecule has 1 atom stereocenters. The van der Waals surface area contributed by atoms with Crippen molar-refractivity contribution in [2.75, 3.05) is 39.8 Å². The van der Waals surface area contributed by atoms with E-state index in [4.69, 9.17) is 0 Å². The molecule has 2 saturated heterocycles. The van der Waals surface area contributed by atoms with Crippen LogP contribution in [0, 0.1) is 11.6 Å². The van der Waals surface area contributed by atoms with Gasteiger partial charge < -0.3 is 10.2 Å². The summed E-state index contributed by atoms with van der Waals surface area (Å²) in [6, 6.07) is 4.37. The van der Waals surface area contributed by atoms with Gasteiger partial charge in [0.2, 0.25) is 0 Å². The fourth-order valence-corrected chi connectivity index (χ4v) is 3.70. The first-order valence-corrected chi connectivity index (χ1v) is 8.81. The van der Waals surface area contributed by atoms with Crippen molar-refractivity contribution in [2.24, 2.45) is 4.99 Å². The maximum atomic E-state index is 13.7. The number of halogens is 3. The summed E-state index contributed by atoms with van der Waals surface area (Å²) in [5.74, 6) is -0.147. The van der Waals surface area contributed by atoms with Gasteiger partial charge in [0.05, 0.1) is 0 Å². The molecule has 2 heterocycles. The van der Waals surface area contributed by atoms with Crippen molar-refractivity contribution in [3.63, 3.8) is 0 Å². The van der Waals surface area contributed by atoms with Gasteiger partial charge in [-0.05, 0) is 50.4 Å². The maximum absolute atomic E-state index is 13.7. The minimum Gasteiger partial charge on any atom is -0.356 e. The highest BCUT2D eigenvalue weighted by atomic mass is 127. The molecule has 0 radical (unpaired) electrons. The molecule has 1 unspecified atom stereocenters. The molecule has 1 aromatic rings. The van der Waals surface area contributed by atoms with E-state index in [0.717, 1.165) is 25.1 Å². The third kappa shape index (κ3) is 5.26. The fraction of sp³-hybridized carbons (Fsp3) is 0.611. The summed E-state index contributed by atoms with van der Waals surface area (Å²) in [6.07, 6.45) is 4.31. The van der Waals surface area contributed by atoms with Crippen molar-refractivity contribution in [1.82, 2.24) is 15.1 Å². The van der Waals surface area contributed by atoms with E-state index in [1.807, 2.05) is 0 Å². The van der Waals surface area contributed by atoms with E-state index in [1.54, 1.807) is 7.05 Å². The molecule has 2 aliphatic heterocycles. The Morgan fingerprint density at radius 3 is 2.68 bits per heavy atom. The van der Waals surface area contributed by atoms with Gasteiger partial charge in [-0.1, -0.05) is 6.07 Å². The molecular weight excluding hydrogens is 437 g/mol. The van der Waals surface area contributed by atoms with Crippen LogP contribution in [0.2, 0.25) is 0 Å². The van der Waals surface area contributed by atoms with E-state index < -0.39 is 11.6 Å². The first-order valence-electron chi connectivity index (χ1n) is 8.81. The zero-order valence-electron chi connectivity index (χ0n) is 14.7. The van der Waals surface area contributed by atoms with Crippen LogP contribution in [0.3, 0.4) is 0 Å². The molecule has 3 rings (SSSR count). The predicted octanol–water partition coefficient (Wildman–Crippen LogP) is 2.87. The van der Waals surface area contributed by atoms with Gasteiger partial charge in [-0.2, -0.15) is 0 Å². The third-order valence-corrected chi connectivity index (χ3v) is 5.02. The van der Waals surface area contributed by atoms with Crippen LogP contribution < -0.4 is 5.32 Å². The lowest BCUT2D eigenvalue weighted by Gasteiger charge is -2.25. The van der Waals surface area contributed by atoms with Crippen molar-refractivity contribution >= 4 is 29.9 Å². The second-order valence-corrected chi connectivity index (χ2v) is 6.59. The molecule has 0 amide bonds. The summed E-state index contributed by atoms with van der Waals surface area (Å²) < 4.78 is 26.6. The van der Waals surface area contributed by atoms with E-state index in [9.17, 15) is 8.78 Å². The van der Waals surface area contributed by atoms with Gasteiger partial charge in [0, 0.05) is 38.8 Å². The lowest BCUT2D eigenvalue weighted by molar-refractivity contribution is 0.249. The second kappa shape index (κ2) is 9.66. The molecule has 140 valence electrons. The van der Waals surface area contributed by atoms with Crippen molar-refractivity contribution in [3.05, 3.63) is 35.4 Å². The molecule has 4 nitrogen and oxygen atoms in total. The lowest BCUT2D eigenvalue weighted by Crippen LogP contribution is -2.43. The molecule has 1 N–H and O–H groups in total. The predicted molar refractivity (Wildman–Crippen MR) is 108 cm³/mol. The Morgan fingerprint density at radius 1 is 1.24 bits per heavy atom. The average molecular weight is 464 g/mol. The van der Waals surface area contributed by atoms with Crippen LogP contribution in [0.25, 0.3) is 0 Å². The van der Waals surface area contributed by atoms with E-state index in [2.05, 4.69) is 20.1 Å². The lowest BCUT2D eigenvalue weighted by atomic mass is 10.1. The number of aliphatic imine (C=N–C) groups is 1. The third-order valence-electron chi connectivity index (χ3n) is 5.02. The van der Waals surface area contributed by atoms with Gasteiger partial charge in [-0.15, -0.1) is 24.0 Å². The molecule has 2 fully saturated rings. The standard InChI is InChI=1S/C18H26F2N4.HI/c1-21-18(22-8-6-14-4-5-15(19)12-17(14)20)24-11-7-16(13-24)23-9-2-3-10-23;/h4-5,12,16H,2-3,6-11,13H2,1H3,(H,21,22);1H. The SMILES string of the molecule is CN=C(NCCc1ccc(F)cc1F)N1CCC(N2CCCC2)C1.I. The Bertz CT molecular complexity index is 590. The Kier molecular flexibility index (Phi) is 7.86. The highest BCUT2D eigenvalue weighted by Crippen LogP contribution is 2.20. The molecule has 0 aromatic heterocycles. The zero-order valence-corrected chi connectivity index (χ0v) is 17.0. The summed E-state index contributed by atoms with van der Waals surface area (Å²) in [5.41, 5.74) is 0.524. The van der Waals surface area contributed by atoms with Crippen LogP contribution in [0.1, 0.15) is 24.8 Å². The van der Waals surface area contributed by atoms with Gasteiger partial charge in [0.1, 0.15) is 11.6 Å². The number of hydrogen-bond acceptors (Lipinski definition) is 2. The van der Waals surface area contributed by atoms with Crippen LogP contribution >= 0.6 is 24.0 Å². The normalized spacial score (nSPS) is 21.5. The number of hydrogen-bond donors (Lipinski definition) is 1. The number of nitrogens with zero attached hydrogens (tertiary/aromatic N) is 3. The zero-order chi connectivity index (χ0) is 16.9. The molecular formula is C18H27F2IN4. The molecule has 0 spiro atoms. The van der Waals surface area contributed by atoms with Gasteiger partial charge in [0.25, 0.3) is 0 Å². The molecule has 1 aromatic carbocycles. The minimum absolute atomic E-state index is 0. The Hall–Kier alpha value is -0.960. The smallest absolute Gasteiger partial charge is 0.193 e. The van der Waals surface area contributed by atoms with E-state index >= 15 is 0 Å². The van der Waals surface area contributed by atoms with Crippen LogP contribution in [-0.4, -0.2) is 61.6 Å². The Labute approximate surface area is 165 Å². The van der Waals surface area contributed by atoms with Crippen LogP contribution in [0.15, 0.2) is 23.2 Å². The molecule has 7 heteroatoms. The molecule has 0 saturated carbocycles. The second-order valence-electron chi connectivity index (χ2n) is 6.59. The van der Waals surface area contributed by atoms with Gasteiger partial charge in [0.15, 0.2) is 5.96 Å². The highest BCUT2D eigenvalue weighted by molar-refractivity contribution is 14.0. The largest absolute Gasteiger partial charge is 0.356 e. The molecule has 0 bridgehead atoms. The number of nitrogens with one attached hydrogen (secondary N) is 1. The molecule has 25 heavy (non-hydrogen) atoms. The first-order chi connectivity index (χ1) is 11.7. The molecule has 2 aliphatic rings. The van der Waals surface area contributed by atoms with Crippen molar-refractivity contribution in [3.8, 4) is 0 Å². The van der Waals surface area contributed by atoms with Crippen molar-refractivity contribution in [1.29, 1.82) is 0 Å². The minimum atomic E-state index is -0.537. The topological polar surface area (TPSA) is 30.9 Å². The van der Waals surface area contributed by atoms with Gasteiger partial charge in [-0.25, -0.2) is 8.78 Å². The summed E-state index contributed by atoms with van der Waals surface area (Å²) in [4.78, 5) is 9.22. The summed E-state index contributed by atoms with van der Waals surface area (Å²) in [6.45, 7) is 5.03. The van der Waals surface area contributed by atoms with E-state index in [1.165, 1.54) is 44.5 Å². The van der Waals surface area contributed by atoms with Crippen LogP contribution in [-0.2, 0) is 6.42 Å². The van der Waals surface area contributed by atoms with Crippen LogP contribution in [0.5, 0.6) is 0 Å². The monoisotopic (exact) mass is 464 g/mol. The average Bonchev–Trinajstić information content (AvgIpc) is 3.24. The quantitative estimate of drug-likeness (QED) is 0.423. The van der Waals surface area contributed by atoms with Gasteiger partial charge >= 0.3 is 0 Å². The maximum Gasteiger partial charge on any atom is 0.193 e. The van der Waals surface area contributed by atoms with Gasteiger partial charge in [-0.3, -0.25) is 9.89 Å². The Balaban J connectivity index is 0.00000225. The summed E-state index contributed by atoms with van der Waals surface area (Å²) >= 11 is 0. The number of guanidine groups is 1. The molecule has 0 aliphatic carbocycles. The number of benzene rings is 1. The van der Waals surface area contributed by atoms with E-state index in [-0.39, 0.29) is 24.0 Å². The number of likely N-dealkylation sites (tertiary alicyclic amines) is 2. The Morgan fingerprint density at radius 2 is 2.00 bits per heavy atom. The van der Waals surface area contributed by atoms with Crippen molar-refractivity contribution in [2.45, 2.75) is 31.7 Å². The number of rotatable bonds is 4.